The molecule has 2 aromatic carbocycles. The highest BCUT2D eigenvalue weighted by atomic mass is 16.5. The SMILES string of the molecule is COc1ccccc1-c1cnc2ccc(O)cc2c1. The van der Waals surface area contributed by atoms with Crippen molar-refractivity contribution in [3.8, 4) is 22.6 Å². The molecule has 0 spiro atoms. The van der Waals surface area contributed by atoms with Crippen molar-refractivity contribution in [3.05, 3.63) is 54.7 Å². The monoisotopic (exact) mass is 251 g/mol. The molecule has 1 aromatic heterocycles. The van der Waals surface area contributed by atoms with Crippen LogP contribution in [-0.4, -0.2) is 17.2 Å². The molecule has 19 heavy (non-hydrogen) atoms. The number of phenolic OH excluding ortho intramolecular Hbond substituents is 1. The first-order chi connectivity index (χ1) is 9.28. The molecule has 1 N–H and O–H groups in total. The molecule has 0 saturated carbocycles. The average Bonchev–Trinajstić information content (AvgIpc) is 2.46. The van der Waals surface area contributed by atoms with E-state index in [4.69, 9.17) is 4.74 Å². The van der Waals surface area contributed by atoms with E-state index in [-0.39, 0.29) is 5.75 Å². The number of ether oxygens (including phenoxy) is 1. The number of methoxy groups -OCH3 is 1. The zero-order valence-electron chi connectivity index (χ0n) is 10.5. The van der Waals surface area contributed by atoms with E-state index >= 15 is 0 Å². The molecule has 0 aliphatic heterocycles. The van der Waals surface area contributed by atoms with Gasteiger partial charge in [0.1, 0.15) is 11.5 Å². The molecule has 0 atom stereocenters. The number of benzene rings is 2. The van der Waals surface area contributed by atoms with Crippen LogP contribution in [0, 0.1) is 0 Å². The normalized spacial score (nSPS) is 10.6. The van der Waals surface area contributed by atoms with Crippen molar-refractivity contribution in [1.82, 2.24) is 4.98 Å². The van der Waals surface area contributed by atoms with Gasteiger partial charge in [-0.25, -0.2) is 0 Å². The predicted octanol–water partition coefficient (Wildman–Crippen LogP) is 3.62. The molecule has 3 aromatic rings. The number of para-hydroxylation sites is 1. The second kappa shape index (κ2) is 4.61. The summed E-state index contributed by atoms with van der Waals surface area (Å²) < 4.78 is 5.36. The van der Waals surface area contributed by atoms with Crippen molar-refractivity contribution >= 4 is 10.9 Å². The van der Waals surface area contributed by atoms with E-state index in [1.807, 2.05) is 36.5 Å². The maximum absolute atomic E-state index is 9.54. The fraction of sp³-hybridized carbons (Fsp3) is 0.0625. The van der Waals surface area contributed by atoms with Crippen molar-refractivity contribution in [2.24, 2.45) is 0 Å². The summed E-state index contributed by atoms with van der Waals surface area (Å²) in [5.74, 6) is 1.05. The number of phenols is 1. The Morgan fingerprint density at radius 3 is 2.74 bits per heavy atom. The van der Waals surface area contributed by atoms with Crippen molar-refractivity contribution in [2.75, 3.05) is 7.11 Å². The maximum Gasteiger partial charge on any atom is 0.126 e. The topological polar surface area (TPSA) is 42.4 Å². The second-order valence-corrected chi connectivity index (χ2v) is 4.30. The van der Waals surface area contributed by atoms with Crippen LogP contribution in [0.2, 0.25) is 0 Å². The first-order valence-corrected chi connectivity index (χ1v) is 6.00. The lowest BCUT2D eigenvalue weighted by atomic mass is 10.0. The lowest BCUT2D eigenvalue weighted by molar-refractivity contribution is 0.416. The van der Waals surface area contributed by atoms with Gasteiger partial charge in [0.05, 0.1) is 12.6 Å². The predicted molar refractivity (Wildman–Crippen MR) is 75.4 cm³/mol. The van der Waals surface area contributed by atoms with Gasteiger partial charge in [0.25, 0.3) is 0 Å². The third-order valence-electron chi connectivity index (χ3n) is 3.08. The van der Waals surface area contributed by atoms with E-state index in [1.54, 1.807) is 25.3 Å². The third-order valence-corrected chi connectivity index (χ3v) is 3.08. The Labute approximate surface area is 111 Å². The van der Waals surface area contributed by atoms with Gasteiger partial charge in [0.15, 0.2) is 0 Å². The summed E-state index contributed by atoms with van der Waals surface area (Å²) in [6.07, 6.45) is 1.82. The van der Waals surface area contributed by atoms with Gasteiger partial charge in [-0.05, 0) is 30.3 Å². The number of hydrogen-bond acceptors (Lipinski definition) is 3. The number of fused-ring (bicyclic) bond motifs is 1. The number of aromatic hydroxyl groups is 1. The number of pyridine rings is 1. The third kappa shape index (κ3) is 2.10. The molecule has 94 valence electrons. The number of aromatic nitrogens is 1. The summed E-state index contributed by atoms with van der Waals surface area (Å²) in [6, 6.07) is 15.0. The molecule has 0 fully saturated rings. The molecule has 0 aliphatic rings. The van der Waals surface area contributed by atoms with Crippen LogP contribution in [0.15, 0.2) is 54.7 Å². The summed E-state index contributed by atoms with van der Waals surface area (Å²) in [7, 11) is 1.65. The van der Waals surface area contributed by atoms with Crippen LogP contribution in [0.4, 0.5) is 0 Å². The minimum absolute atomic E-state index is 0.242. The minimum Gasteiger partial charge on any atom is -0.508 e. The summed E-state index contributed by atoms with van der Waals surface area (Å²) in [5, 5.41) is 10.4. The van der Waals surface area contributed by atoms with Crippen molar-refractivity contribution in [3.63, 3.8) is 0 Å². The number of rotatable bonds is 2. The smallest absolute Gasteiger partial charge is 0.126 e. The molecule has 0 saturated heterocycles. The molecule has 3 nitrogen and oxygen atoms in total. The van der Waals surface area contributed by atoms with Crippen LogP contribution in [0.25, 0.3) is 22.0 Å². The van der Waals surface area contributed by atoms with Crippen LogP contribution < -0.4 is 4.74 Å². The van der Waals surface area contributed by atoms with Gasteiger partial charge in [-0.2, -0.15) is 0 Å². The zero-order chi connectivity index (χ0) is 13.2. The molecular weight excluding hydrogens is 238 g/mol. The quantitative estimate of drug-likeness (QED) is 0.756. The number of nitrogens with zero attached hydrogens (tertiary/aromatic N) is 1. The fourth-order valence-electron chi connectivity index (χ4n) is 2.15. The lowest BCUT2D eigenvalue weighted by Crippen LogP contribution is -1.88. The highest BCUT2D eigenvalue weighted by Crippen LogP contribution is 2.31. The van der Waals surface area contributed by atoms with Crippen LogP contribution in [-0.2, 0) is 0 Å². The molecule has 0 radical (unpaired) electrons. The van der Waals surface area contributed by atoms with Crippen molar-refractivity contribution < 1.29 is 9.84 Å². The van der Waals surface area contributed by atoms with Gasteiger partial charge < -0.3 is 9.84 Å². The first-order valence-electron chi connectivity index (χ1n) is 6.00. The van der Waals surface area contributed by atoms with E-state index in [0.717, 1.165) is 27.8 Å². The van der Waals surface area contributed by atoms with Gasteiger partial charge >= 0.3 is 0 Å². The molecule has 0 aliphatic carbocycles. The zero-order valence-corrected chi connectivity index (χ0v) is 10.5. The molecule has 3 heteroatoms. The van der Waals surface area contributed by atoms with Crippen LogP contribution in [0.3, 0.4) is 0 Å². The average molecular weight is 251 g/mol. The molecule has 3 rings (SSSR count). The summed E-state index contributed by atoms with van der Waals surface area (Å²) in [6.45, 7) is 0. The minimum atomic E-state index is 0.242. The second-order valence-electron chi connectivity index (χ2n) is 4.30. The summed E-state index contributed by atoms with van der Waals surface area (Å²) >= 11 is 0. The molecule has 0 unspecified atom stereocenters. The molecule has 1 heterocycles. The van der Waals surface area contributed by atoms with Crippen molar-refractivity contribution in [1.29, 1.82) is 0 Å². The van der Waals surface area contributed by atoms with Gasteiger partial charge in [-0.1, -0.05) is 18.2 Å². The Morgan fingerprint density at radius 2 is 1.89 bits per heavy atom. The van der Waals surface area contributed by atoms with E-state index < -0.39 is 0 Å². The maximum atomic E-state index is 9.54. The Balaban J connectivity index is 2.20. The highest BCUT2D eigenvalue weighted by Gasteiger charge is 2.06. The Kier molecular flexibility index (Phi) is 2.80. The molecule has 0 bridgehead atoms. The fourth-order valence-corrected chi connectivity index (χ4v) is 2.15. The molecular formula is C16H13NO2. The highest BCUT2D eigenvalue weighted by molar-refractivity contribution is 5.85. The van der Waals surface area contributed by atoms with E-state index in [9.17, 15) is 5.11 Å². The van der Waals surface area contributed by atoms with Gasteiger partial charge in [-0.3, -0.25) is 4.98 Å². The van der Waals surface area contributed by atoms with E-state index in [1.165, 1.54) is 0 Å². The van der Waals surface area contributed by atoms with Gasteiger partial charge in [0, 0.05) is 22.7 Å². The van der Waals surface area contributed by atoms with Crippen LogP contribution in [0.1, 0.15) is 0 Å². The van der Waals surface area contributed by atoms with E-state index in [2.05, 4.69) is 4.98 Å². The van der Waals surface area contributed by atoms with Crippen molar-refractivity contribution in [2.45, 2.75) is 0 Å². The Morgan fingerprint density at radius 1 is 1.05 bits per heavy atom. The number of hydrogen-bond donors (Lipinski definition) is 1. The summed E-state index contributed by atoms with van der Waals surface area (Å²) in [4.78, 5) is 4.41. The lowest BCUT2D eigenvalue weighted by Gasteiger charge is -2.08. The summed E-state index contributed by atoms with van der Waals surface area (Å²) in [5.41, 5.74) is 2.81. The van der Waals surface area contributed by atoms with Gasteiger partial charge in [-0.15, -0.1) is 0 Å². The van der Waals surface area contributed by atoms with Crippen LogP contribution in [0.5, 0.6) is 11.5 Å². The standard InChI is InChI=1S/C16H13NO2/c1-19-16-5-3-2-4-14(16)12-8-11-9-13(18)6-7-15(11)17-10-12/h2-10,18H,1H3. The van der Waals surface area contributed by atoms with Gasteiger partial charge in [0.2, 0.25) is 0 Å². The molecule has 0 amide bonds. The first kappa shape index (κ1) is 11.5. The Hall–Kier alpha value is -2.55. The van der Waals surface area contributed by atoms with Crippen LogP contribution >= 0.6 is 0 Å². The largest absolute Gasteiger partial charge is 0.508 e. The van der Waals surface area contributed by atoms with E-state index in [0.29, 0.717) is 0 Å². The Bertz CT molecular complexity index is 738.